The molecule has 2 heterocycles. The van der Waals surface area contributed by atoms with Crippen molar-refractivity contribution >= 4 is 21.8 Å². The molecule has 0 atom stereocenters. The van der Waals surface area contributed by atoms with Crippen molar-refractivity contribution in [2.45, 2.75) is 6.92 Å². The van der Waals surface area contributed by atoms with Crippen LogP contribution in [0.1, 0.15) is 5.56 Å². The van der Waals surface area contributed by atoms with E-state index in [1.807, 2.05) is 36.7 Å². The molecule has 4 aromatic rings. The lowest BCUT2D eigenvalue weighted by atomic mass is 10.1. The van der Waals surface area contributed by atoms with Gasteiger partial charge in [-0.15, -0.1) is 0 Å². The highest BCUT2D eigenvalue weighted by Gasteiger charge is 1.93. The van der Waals surface area contributed by atoms with Crippen molar-refractivity contribution in [2.75, 3.05) is 0 Å². The summed E-state index contributed by atoms with van der Waals surface area (Å²) in [7, 11) is 0. The van der Waals surface area contributed by atoms with Gasteiger partial charge in [0.15, 0.2) is 0 Å². The van der Waals surface area contributed by atoms with Gasteiger partial charge in [-0.25, -0.2) is 0 Å². The highest BCUT2D eigenvalue weighted by atomic mass is 14.7. The Hall–Kier alpha value is -2.61. The van der Waals surface area contributed by atoms with Crippen LogP contribution in [0.25, 0.3) is 21.8 Å². The summed E-state index contributed by atoms with van der Waals surface area (Å²) in [5, 5.41) is 2.52. The molecule has 0 aliphatic heterocycles. The number of nitrogens with one attached hydrogen (secondary N) is 1. The summed E-state index contributed by atoms with van der Waals surface area (Å²) in [4.78, 5) is 7.34. The molecule has 0 radical (unpaired) electrons. The lowest BCUT2D eigenvalue weighted by Crippen LogP contribution is -1.73. The minimum Gasteiger partial charge on any atom is -0.361 e. The Morgan fingerprint density at radius 1 is 0.850 bits per heavy atom. The van der Waals surface area contributed by atoms with Crippen molar-refractivity contribution < 1.29 is 0 Å². The Bertz CT molecular complexity index is 765. The summed E-state index contributed by atoms with van der Waals surface area (Å²) in [5.41, 5.74) is 3.61. The molecular formula is C18H16N2. The number of pyridine rings is 1. The van der Waals surface area contributed by atoms with Crippen LogP contribution in [0.4, 0.5) is 0 Å². The molecule has 0 bridgehead atoms. The van der Waals surface area contributed by atoms with Crippen molar-refractivity contribution in [1.82, 2.24) is 9.97 Å². The van der Waals surface area contributed by atoms with Gasteiger partial charge in [0.25, 0.3) is 0 Å². The molecule has 2 nitrogen and oxygen atoms in total. The van der Waals surface area contributed by atoms with E-state index in [-0.39, 0.29) is 0 Å². The molecule has 0 amide bonds. The van der Waals surface area contributed by atoms with Gasteiger partial charge < -0.3 is 4.98 Å². The van der Waals surface area contributed by atoms with E-state index in [1.165, 1.54) is 21.9 Å². The van der Waals surface area contributed by atoms with Gasteiger partial charge in [-0.2, -0.15) is 0 Å². The van der Waals surface area contributed by atoms with Gasteiger partial charge in [0.05, 0.1) is 5.52 Å². The van der Waals surface area contributed by atoms with E-state index in [4.69, 9.17) is 0 Å². The molecule has 0 fully saturated rings. The zero-order valence-electron chi connectivity index (χ0n) is 11.4. The maximum Gasteiger partial charge on any atom is 0.0701 e. The Kier molecular flexibility index (Phi) is 3.46. The topological polar surface area (TPSA) is 28.7 Å². The first kappa shape index (κ1) is 12.4. The largest absolute Gasteiger partial charge is 0.361 e. The van der Waals surface area contributed by atoms with Gasteiger partial charge in [0, 0.05) is 28.7 Å². The molecule has 4 rings (SSSR count). The maximum absolute atomic E-state index is 4.18. The smallest absolute Gasteiger partial charge is 0.0701 e. The third-order valence-corrected chi connectivity index (χ3v) is 3.33. The molecule has 0 spiro atoms. The number of rotatable bonds is 0. The van der Waals surface area contributed by atoms with E-state index >= 15 is 0 Å². The molecule has 0 saturated heterocycles. The van der Waals surface area contributed by atoms with Crippen molar-refractivity contribution in [3.05, 3.63) is 78.6 Å². The number of nitrogens with zero attached hydrogens (tertiary/aromatic N) is 1. The zero-order valence-corrected chi connectivity index (χ0v) is 11.4. The van der Waals surface area contributed by atoms with Crippen LogP contribution < -0.4 is 0 Å². The summed E-state index contributed by atoms with van der Waals surface area (Å²) in [6.07, 6.45) is 3.78. The highest BCUT2D eigenvalue weighted by Crippen LogP contribution is 2.15. The van der Waals surface area contributed by atoms with Gasteiger partial charge in [0.1, 0.15) is 0 Å². The number of H-pyrrole nitrogens is 1. The third kappa shape index (κ3) is 2.54. The third-order valence-electron chi connectivity index (χ3n) is 3.33. The van der Waals surface area contributed by atoms with Crippen LogP contribution in [-0.2, 0) is 0 Å². The Balaban J connectivity index is 0.000000121. The average molecular weight is 260 g/mol. The predicted octanol–water partition coefficient (Wildman–Crippen LogP) is 4.71. The minimum absolute atomic E-state index is 1.06. The predicted molar refractivity (Wildman–Crippen MR) is 84.8 cm³/mol. The number of aryl methyl sites for hydroxylation is 1. The van der Waals surface area contributed by atoms with Crippen LogP contribution in [0, 0.1) is 6.92 Å². The summed E-state index contributed by atoms with van der Waals surface area (Å²) in [6.45, 7) is 2.12. The van der Waals surface area contributed by atoms with Crippen LogP contribution in [0.15, 0.2) is 73.1 Å². The molecule has 0 unspecified atom stereocenters. The summed E-state index contributed by atoms with van der Waals surface area (Å²) < 4.78 is 0. The highest BCUT2D eigenvalue weighted by molar-refractivity contribution is 5.82. The second-order valence-corrected chi connectivity index (χ2v) is 4.71. The Morgan fingerprint density at radius 3 is 2.55 bits per heavy atom. The van der Waals surface area contributed by atoms with Gasteiger partial charge >= 0.3 is 0 Å². The van der Waals surface area contributed by atoms with Gasteiger partial charge in [-0.1, -0.05) is 36.4 Å². The number of aromatic amines is 1. The van der Waals surface area contributed by atoms with Crippen LogP contribution in [-0.4, -0.2) is 9.97 Å². The number of hydrogen-bond donors (Lipinski definition) is 1. The molecule has 2 heteroatoms. The first-order chi connectivity index (χ1) is 9.84. The molecule has 98 valence electrons. The fourth-order valence-corrected chi connectivity index (χ4v) is 2.26. The summed E-state index contributed by atoms with van der Waals surface area (Å²) in [5.74, 6) is 0. The number of para-hydroxylation sites is 1. The average Bonchev–Trinajstić information content (AvgIpc) is 2.98. The molecule has 20 heavy (non-hydrogen) atoms. The van der Waals surface area contributed by atoms with Crippen LogP contribution in [0.2, 0.25) is 0 Å². The van der Waals surface area contributed by atoms with Crippen molar-refractivity contribution in [2.24, 2.45) is 0 Å². The summed E-state index contributed by atoms with van der Waals surface area (Å²) >= 11 is 0. The second-order valence-electron chi connectivity index (χ2n) is 4.71. The SMILES string of the molecule is Cc1cccc2[nH]ccc12.c1ccc2ncccc2c1. The summed E-state index contributed by atoms with van der Waals surface area (Å²) in [6, 6.07) is 20.5. The Morgan fingerprint density at radius 2 is 1.70 bits per heavy atom. The van der Waals surface area contributed by atoms with E-state index in [0.717, 1.165) is 5.52 Å². The number of benzene rings is 2. The molecule has 2 aromatic heterocycles. The second kappa shape index (κ2) is 5.57. The maximum atomic E-state index is 4.18. The van der Waals surface area contributed by atoms with E-state index in [0.29, 0.717) is 0 Å². The minimum atomic E-state index is 1.06. The van der Waals surface area contributed by atoms with Gasteiger partial charge in [0.2, 0.25) is 0 Å². The quantitative estimate of drug-likeness (QED) is 0.487. The number of hydrogen-bond acceptors (Lipinski definition) is 1. The molecule has 0 aliphatic carbocycles. The molecule has 1 N–H and O–H groups in total. The van der Waals surface area contributed by atoms with Crippen LogP contribution in [0.3, 0.4) is 0 Å². The fourth-order valence-electron chi connectivity index (χ4n) is 2.26. The number of aromatic nitrogens is 2. The van der Waals surface area contributed by atoms with Gasteiger partial charge in [-0.05, 0) is 36.8 Å². The lowest BCUT2D eigenvalue weighted by molar-refractivity contribution is 1.41. The molecular weight excluding hydrogens is 244 g/mol. The van der Waals surface area contributed by atoms with Gasteiger partial charge in [-0.3, -0.25) is 4.98 Å². The molecule has 0 aliphatic rings. The number of fused-ring (bicyclic) bond motifs is 2. The first-order valence-electron chi connectivity index (χ1n) is 6.67. The zero-order chi connectivity index (χ0) is 13.8. The first-order valence-corrected chi connectivity index (χ1v) is 6.67. The van der Waals surface area contributed by atoms with E-state index in [2.05, 4.69) is 53.3 Å². The van der Waals surface area contributed by atoms with Crippen LogP contribution in [0.5, 0.6) is 0 Å². The normalized spacial score (nSPS) is 10.2. The Labute approximate surface area is 118 Å². The van der Waals surface area contributed by atoms with E-state index in [1.54, 1.807) is 0 Å². The lowest BCUT2D eigenvalue weighted by Gasteiger charge is -1.92. The van der Waals surface area contributed by atoms with Crippen LogP contribution >= 0.6 is 0 Å². The van der Waals surface area contributed by atoms with Crippen molar-refractivity contribution in [3.63, 3.8) is 0 Å². The van der Waals surface area contributed by atoms with E-state index in [9.17, 15) is 0 Å². The fraction of sp³-hybridized carbons (Fsp3) is 0.0556. The molecule has 2 aromatic carbocycles. The molecule has 0 saturated carbocycles. The van der Waals surface area contributed by atoms with Crippen molar-refractivity contribution in [1.29, 1.82) is 0 Å². The standard InChI is InChI=1S/C9H9N.C9H7N/c1-7-3-2-4-9-8(7)5-6-10-9;1-2-6-9-8(4-1)5-3-7-10-9/h2-6,10H,1H3;1-7H. The monoisotopic (exact) mass is 260 g/mol. The van der Waals surface area contributed by atoms with Crippen molar-refractivity contribution in [3.8, 4) is 0 Å². The van der Waals surface area contributed by atoms with E-state index < -0.39 is 0 Å².